The summed E-state index contributed by atoms with van der Waals surface area (Å²) in [6.07, 6.45) is 8.31. The zero-order valence-electron chi connectivity index (χ0n) is 13.4. The first-order chi connectivity index (χ1) is 11.8. The molecule has 3 aliphatic rings. The van der Waals surface area contributed by atoms with Gasteiger partial charge < -0.3 is 10.3 Å². The van der Waals surface area contributed by atoms with Gasteiger partial charge in [0.05, 0.1) is 23.2 Å². The largest absolute Gasteiger partial charge is 0.360 e. The van der Waals surface area contributed by atoms with E-state index in [1.165, 1.54) is 42.5 Å². The monoisotopic (exact) mass is 360 g/mol. The molecule has 1 aliphatic heterocycles. The second-order valence-corrected chi connectivity index (χ2v) is 8.92. The average molecular weight is 361 g/mol. The topological polar surface area (TPSA) is 70.1 Å². The zero-order valence-corrected chi connectivity index (χ0v) is 15.1. The Morgan fingerprint density at radius 2 is 2.12 bits per heavy atom. The minimum atomic E-state index is 0.0324. The van der Waals surface area contributed by atoms with Gasteiger partial charge in [0.25, 0.3) is 5.56 Å². The highest BCUT2D eigenvalue weighted by Crippen LogP contribution is 2.34. The summed E-state index contributed by atoms with van der Waals surface area (Å²) >= 11 is 3.36. The van der Waals surface area contributed by atoms with Crippen molar-refractivity contribution in [2.24, 2.45) is 4.99 Å². The molecule has 0 aromatic carbocycles. The van der Waals surface area contributed by atoms with Crippen LogP contribution in [0.5, 0.6) is 0 Å². The van der Waals surface area contributed by atoms with Crippen LogP contribution in [0.4, 0.5) is 0 Å². The Labute approximate surface area is 148 Å². The summed E-state index contributed by atoms with van der Waals surface area (Å²) in [6.45, 7) is 0. The number of rotatable bonds is 2. The average Bonchev–Trinajstić information content (AvgIpc) is 3.25. The van der Waals surface area contributed by atoms with Crippen LogP contribution >= 0.6 is 23.1 Å². The maximum atomic E-state index is 12.5. The standard InChI is InChI=1S/C17H20N4OS2/c22-15-14-9-4-3-7-12(9)24-16(14)21-13(20-15)8-23-17-18-10-5-1-2-6-11(10)19-17/h10-11H,1-8H2,(H,18,19)(H,20,21,22). The van der Waals surface area contributed by atoms with E-state index in [1.807, 2.05) is 0 Å². The van der Waals surface area contributed by atoms with Gasteiger partial charge in [0.15, 0.2) is 5.17 Å². The minimum Gasteiger partial charge on any atom is -0.360 e. The molecule has 5 rings (SSSR count). The zero-order chi connectivity index (χ0) is 16.1. The Balaban J connectivity index is 1.35. The third-order valence-electron chi connectivity index (χ3n) is 5.29. The van der Waals surface area contributed by atoms with Crippen LogP contribution in [0.15, 0.2) is 9.79 Å². The number of fused-ring (bicyclic) bond motifs is 4. The molecule has 0 amide bonds. The van der Waals surface area contributed by atoms with Crippen LogP contribution in [-0.2, 0) is 18.6 Å². The molecule has 5 nitrogen and oxygen atoms in total. The van der Waals surface area contributed by atoms with Crippen LogP contribution < -0.4 is 10.9 Å². The van der Waals surface area contributed by atoms with Crippen LogP contribution in [0.25, 0.3) is 10.2 Å². The molecule has 2 unspecified atom stereocenters. The van der Waals surface area contributed by atoms with E-state index in [9.17, 15) is 4.79 Å². The van der Waals surface area contributed by atoms with Crippen LogP contribution in [0, 0.1) is 0 Å². The number of thioether (sulfide) groups is 1. The van der Waals surface area contributed by atoms with E-state index in [0.717, 1.165) is 34.1 Å². The van der Waals surface area contributed by atoms with Crippen molar-refractivity contribution >= 4 is 38.5 Å². The van der Waals surface area contributed by atoms with Gasteiger partial charge in [0.2, 0.25) is 0 Å². The van der Waals surface area contributed by atoms with Gasteiger partial charge in [-0.25, -0.2) is 4.98 Å². The number of hydrogen-bond donors (Lipinski definition) is 2. The molecule has 7 heteroatoms. The Morgan fingerprint density at radius 3 is 3.04 bits per heavy atom. The second-order valence-electron chi connectivity index (χ2n) is 6.88. The minimum absolute atomic E-state index is 0.0324. The highest BCUT2D eigenvalue weighted by molar-refractivity contribution is 8.13. The number of amidine groups is 1. The Morgan fingerprint density at radius 1 is 1.21 bits per heavy atom. The first-order valence-electron chi connectivity index (χ1n) is 8.78. The predicted octanol–water partition coefficient (Wildman–Crippen LogP) is 2.98. The Hall–Kier alpha value is -1.34. The number of H-pyrrole nitrogens is 1. The number of nitrogens with one attached hydrogen (secondary N) is 2. The number of aryl methyl sites for hydroxylation is 2. The van der Waals surface area contributed by atoms with Gasteiger partial charge in [-0.15, -0.1) is 11.3 Å². The van der Waals surface area contributed by atoms with Gasteiger partial charge in [-0.1, -0.05) is 24.6 Å². The normalized spacial score (nSPS) is 25.4. The number of aromatic nitrogens is 2. The highest BCUT2D eigenvalue weighted by atomic mass is 32.2. The fraction of sp³-hybridized carbons (Fsp3) is 0.588. The van der Waals surface area contributed by atoms with E-state index in [2.05, 4.69) is 10.3 Å². The molecule has 2 aromatic heterocycles. The fourth-order valence-corrected chi connectivity index (χ4v) is 6.25. The van der Waals surface area contributed by atoms with Crippen molar-refractivity contribution in [2.75, 3.05) is 0 Å². The number of nitrogens with zero attached hydrogens (tertiary/aromatic N) is 2. The van der Waals surface area contributed by atoms with Crippen LogP contribution in [-0.4, -0.2) is 27.2 Å². The van der Waals surface area contributed by atoms with E-state index in [0.29, 0.717) is 17.8 Å². The lowest BCUT2D eigenvalue weighted by Crippen LogP contribution is -2.36. The smallest absolute Gasteiger partial charge is 0.259 e. The van der Waals surface area contributed by atoms with Crippen molar-refractivity contribution in [1.29, 1.82) is 0 Å². The molecule has 2 atom stereocenters. The molecule has 2 aliphatic carbocycles. The SMILES string of the molecule is O=c1[nH]c(CSC2=NC3CCCCC3N2)nc2sc3c(c12)CCC3. The lowest BCUT2D eigenvalue weighted by Gasteiger charge is -2.23. The van der Waals surface area contributed by atoms with Gasteiger partial charge in [0, 0.05) is 4.88 Å². The van der Waals surface area contributed by atoms with E-state index >= 15 is 0 Å². The molecule has 1 saturated carbocycles. The summed E-state index contributed by atoms with van der Waals surface area (Å²) in [5.74, 6) is 1.43. The summed E-state index contributed by atoms with van der Waals surface area (Å²) < 4.78 is 0. The van der Waals surface area contributed by atoms with E-state index in [4.69, 9.17) is 9.98 Å². The van der Waals surface area contributed by atoms with Gasteiger partial charge in [0.1, 0.15) is 10.7 Å². The lowest BCUT2D eigenvalue weighted by atomic mass is 9.92. The van der Waals surface area contributed by atoms with Crippen LogP contribution in [0.3, 0.4) is 0 Å². The van der Waals surface area contributed by atoms with Gasteiger partial charge in [-0.3, -0.25) is 9.79 Å². The number of aliphatic imine (C=N–C) groups is 1. The molecule has 3 heterocycles. The molecule has 1 fully saturated rings. The first-order valence-corrected chi connectivity index (χ1v) is 10.6. The molecule has 0 spiro atoms. The third kappa shape index (κ3) is 2.49. The van der Waals surface area contributed by atoms with E-state index in [-0.39, 0.29) is 5.56 Å². The Bertz CT molecular complexity index is 885. The molecule has 0 radical (unpaired) electrons. The predicted molar refractivity (Wildman–Crippen MR) is 100 cm³/mol. The quantitative estimate of drug-likeness (QED) is 0.864. The number of thiophene rings is 1. The van der Waals surface area contributed by atoms with Gasteiger partial charge >= 0.3 is 0 Å². The maximum Gasteiger partial charge on any atom is 0.259 e. The molecular weight excluding hydrogens is 340 g/mol. The second kappa shape index (κ2) is 5.88. The molecular formula is C17H20N4OS2. The van der Waals surface area contributed by atoms with Crippen molar-refractivity contribution in [3.8, 4) is 0 Å². The fourth-order valence-electron chi connectivity index (χ4n) is 4.11. The highest BCUT2D eigenvalue weighted by Gasteiger charge is 2.31. The van der Waals surface area contributed by atoms with Crippen molar-refractivity contribution in [1.82, 2.24) is 15.3 Å². The summed E-state index contributed by atoms with van der Waals surface area (Å²) in [6, 6.07) is 0.979. The summed E-state index contributed by atoms with van der Waals surface area (Å²) in [5, 5.41) is 5.40. The van der Waals surface area contributed by atoms with Gasteiger partial charge in [-0.2, -0.15) is 0 Å². The summed E-state index contributed by atoms with van der Waals surface area (Å²) in [7, 11) is 0. The molecule has 0 saturated heterocycles. The number of aromatic amines is 1. The first kappa shape index (κ1) is 15.0. The van der Waals surface area contributed by atoms with Crippen LogP contribution in [0.2, 0.25) is 0 Å². The molecule has 24 heavy (non-hydrogen) atoms. The van der Waals surface area contributed by atoms with Crippen LogP contribution in [0.1, 0.15) is 48.4 Å². The molecule has 2 N–H and O–H groups in total. The third-order valence-corrected chi connectivity index (χ3v) is 7.39. The maximum absolute atomic E-state index is 12.5. The van der Waals surface area contributed by atoms with Gasteiger partial charge in [-0.05, 0) is 37.7 Å². The number of hydrogen-bond acceptors (Lipinski definition) is 6. The van der Waals surface area contributed by atoms with E-state index in [1.54, 1.807) is 23.1 Å². The van der Waals surface area contributed by atoms with Crippen molar-refractivity contribution in [3.05, 3.63) is 26.6 Å². The van der Waals surface area contributed by atoms with Crippen molar-refractivity contribution < 1.29 is 0 Å². The molecule has 0 bridgehead atoms. The molecule has 126 valence electrons. The van der Waals surface area contributed by atoms with Crippen molar-refractivity contribution in [2.45, 2.75) is 62.8 Å². The van der Waals surface area contributed by atoms with E-state index < -0.39 is 0 Å². The lowest BCUT2D eigenvalue weighted by molar-refractivity contribution is 0.385. The summed E-state index contributed by atoms with van der Waals surface area (Å²) in [5.41, 5.74) is 1.28. The van der Waals surface area contributed by atoms with Crippen molar-refractivity contribution in [3.63, 3.8) is 0 Å². The summed E-state index contributed by atoms with van der Waals surface area (Å²) in [4.78, 5) is 27.2. The Kier molecular flexibility index (Phi) is 3.66. The molecule has 2 aromatic rings.